The van der Waals surface area contributed by atoms with Gasteiger partial charge in [-0.05, 0) is 36.4 Å². The van der Waals surface area contributed by atoms with Gasteiger partial charge in [0.25, 0.3) is 0 Å². The summed E-state index contributed by atoms with van der Waals surface area (Å²) in [6.45, 7) is 1.69. The molecule has 0 bridgehead atoms. The number of hydrogen-bond acceptors (Lipinski definition) is 6. The van der Waals surface area contributed by atoms with E-state index in [2.05, 4.69) is 4.98 Å². The molecule has 0 N–H and O–H groups in total. The summed E-state index contributed by atoms with van der Waals surface area (Å²) in [5.41, 5.74) is -4.27. The van der Waals surface area contributed by atoms with Gasteiger partial charge in [0, 0.05) is 54.1 Å². The van der Waals surface area contributed by atoms with Crippen molar-refractivity contribution in [2.45, 2.75) is 28.6 Å². The normalized spacial score (nSPS) is 14.5. The molecule has 1 saturated heterocycles. The summed E-state index contributed by atoms with van der Waals surface area (Å²) in [7, 11) is 0. The molecule has 12 heteroatoms. The maximum Gasteiger partial charge on any atom is 0.418 e. The summed E-state index contributed by atoms with van der Waals surface area (Å²) in [6, 6.07) is 13.1. The van der Waals surface area contributed by atoms with E-state index in [1.54, 1.807) is 41.4 Å². The van der Waals surface area contributed by atoms with E-state index in [-0.39, 0.29) is 17.3 Å². The minimum Gasteiger partial charge on any atom is -0.492 e. The van der Waals surface area contributed by atoms with E-state index in [9.17, 15) is 31.1 Å². The molecular weight excluding hydrogens is 558 g/mol. The molecule has 0 atom stereocenters. The minimum absolute atomic E-state index is 0.150. The van der Waals surface area contributed by atoms with Gasteiger partial charge >= 0.3 is 12.4 Å². The number of rotatable bonds is 9. The van der Waals surface area contributed by atoms with Crippen molar-refractivity contribution in [1.29, 1.82) is 0 Å². The van der Waals surface area contributed by atoms with E-state index in [1.807, 2.05) is 0 Å². The predicted octanol–water partition coefficient (Wildman–Crippen LogP) is 6.92. The SMILES string of the molecule is O=C(C=CN1CCOCC1)c1ccc(Sc2ccccc2OCCc2ccccn2)c(C(F)(F)F)c1C(F)(F)F. The lowest BCUT2D eigenvalue weighted by molar-refractivity contribution is -0.163. The number of ether oxygens (including phenoxy) is 2. The second kappa shape index (κ2) is 12.8. The molecular formula is C28H24F6N2O3S. The summed E-state index contributed by atoms with van der Waals surface area (Å²) < 4.78 is 96.2. The Balaban J connectivity index is 1.66. The van der Waals surface area contributed by atoms with E-state index < -0.39 is 39.7 Å². The van der Waals surface area contributed by atoms with Gasteiger partial charge in [-0.15, -0.1) is 0 Å². The minimum atomic E-state index is -5.45. The van der Waals surface area contributed by atoms with Crippen LogP contribution >= 0.6 is 11.8 Å². The molecule has 3 aromatic rings. The first-order chi connectivity index (χ1) is 19.0. The van der Waals surface area contributed by atoms with Crippen LogP contribution in [0.1, 0.15) is 27.2 Å². The first kappa shape index (κ1) is 29.5. The number of carbonyl (C=O) groups excluding carboxylic acids is 1. The number of carbonyl (C=O) groups is 1. The van der Waals surface area contributed by atoms with E-state index in [1.165, 1.54) is 18.3 Å². The van der Waals surface area contributed by atoms with Gasteiger partial charge in [0.2, 0.25) is 0 Å². The lowest BCUT2D eigenvalue weighted by atomic mass is 9.96. The van der Waals surface area contributed by atoms with Crippen molar-refractivity contribution in [1.82, 2.24) is 9.88 Å². The standard InChI is InChI=1S/C28H24F6N2O3S/c29-27(30,31)25-20(21(37)10-13-36-14-17-38-18-15-36)8-9-24(26(25)28(32,33)34)40-23-7-2-1-6-22(23)39-16-11-19-5-3-4-12-35-19/h1-10,12-13H,11,14-18H2. The highest BCUT2D eigenvalue weighted by atomic mass is 32.2. The molecule has 1 aliphatic rings. The number of para-hydroxylation sites is 1. The number of allylic oxidation sites excluding steroid dienone is 1. The van der Waals surface area contributed by atoms with Gasteiger partial charge in [-0.1, -0.05) is 30.0 Å². The highest BCUT2D eigenvalue weighted by Crippen LogP contribution is 2.49. The van der Waals surface area contributed by atoms with Crippen molar-refractivity contribution in [3.05, 3.63) is 95.5 Å². The van der Waals surface area contributed by atoms with Crippen LogP contribution in [0, 0.1) is 0 Å². The topological polar surface area (TPSA) is 51.7 Å². The second-order valence-corrected chi connectivity index (χ2v) is 9.74. The fourth-order valence-corrected chi connectivity index (χ4v) is 5.09. The third-order valence-corrected chi connectivity index (χ3v) is 7.01. The number of nitrogens with zero attached hydrogens (tertiary/aromatic N) is 2. The van der Waals surface area contributed by atoms with Crippen LogP contribution < -0.4 is 4.74 Å². The monoisotopic (exact) mass is 582 g/mol. The van der Waals surface area contributed by atoms with Crippen molar-refractivity contribution in [3.63, 3.8) is 0 Å². The molecule has 2 aromatic carbocycles. The van der Waals surface area contributed by atoms with Gasteiger partial charge in [-0.25, -0.2) is 0 Å². The van der Waals surface area contributed by atoms with Gasteiger partial charge in [0.15, 0.2) is 5.78 Å². The fourth-order valence-electron chi connectivity index (χ4n) is 4.02. The van der Waals surface area contributed by atoms with Crippen molar-refractivity contribution >= 4 is 17.5 Å². The van der Waals surface area contributed by atoms with Crippen LogP contribution in [0.15, 0.2) is 82.9 Å². The number of benzene rings is 2. The Bertz CT molecular complexity index is 1340. The molecule has 0 amide bonds. The average molecular weight is 583 g/mol. The number of morpholine rings is 1. The number of halogens is 6. The first-order valence-electron chi connectivity index (χ1n) is 12.2. The van der Waals surface area contributed by atoms with Crippen molar-refractivity contribution in [3.8, 4) is 5.75 Å². The summed E-state index contributed by atoms with van der Waals surface area (Å²) >= 11 is 0.489. The van der Waals surface area contributed by atoms with Crippen molar-refractivity contribution in [2.75, 3.05) is 32.9 Å². The molecule has 0 unspecified atom stereocenters. The largest absolute Gasteiger partial charge is 0.492 e. The molecule has 1 fully saturated rings. The van der Waals surface area contributed by atoms with Gasteiger partial charge in [-0.2, -0.15) is 26.3 Å². The van der Waals surface area contributed by atoms with Gasteiger partial charge in [0.1, 0.15) is 5.75 Å². The maximum atomic E-state index is 14.2. The smallest absolute Gasteiger partial charge is 0.418 e. The summed E-state index contributed by atoms with van der Waals surface area (Å²) in [6.07, 6.45) is -6.68. The molecule has 1 aliphatic heterocycles. The molecule has 1 aromatic heterocycles. The summed E-state index contributed by atoms with van der Waals surface area (Å²) in [5, 5.41) is 0. The van der Waals surface area contributed by atoms with Crippen LogP contribution in [0.25, 0.3) is 0 Å². The Kier molecular flexibility index (Phi) is 9.41. The lowest BCUT2D eigenvalue weighted by Crippen LogP contribution is -2.32. The maximum absolute atomic E-state index is 14.2. The van der Waals surface area contributed by atoms with Crippen LogP contribution in [0.2, 0.25) is 0 Å². The summed E-state index contributed by atoms with van der Waals surface area (Å²) in [5.74, 6) is -0.974. The van der Waals surface area contributed by atoms with E-state index in [0.717, 1.165) is 23.9 Å². The Hall–Kier alpha value is -3.51. The van der Waals surface area contributed by atoms with Crippen molar-refractivity contribution in [2.24, 2.45) is 0 Å². The zero-order valence-corrected chi connectivity index (χ0v) is 21.8. The van der Waals surface area contributed by atoms with Crippen LogP contribution in [-0.2, 0) is 23.5 Å². The molecule has 0 saturated carbocycles. The van der Waals surface area contributed by atoms with Gasteiger partial charge in [0.05, 0.1) is 35.8 Å². The Morgan fingerprint density at radius 2 is 1.62 bits per heavy atom. The molecule has 2 heterocycles. The van der Waals surface area contributed by atoms with Crippen molar-refractivity contribution < 1.29 is 40.6 Å². The Labute approximate surface area is 230 Å². The highest BCUT2D eigenvalue weighted by molar-refractivity contribution is 7.99. The van der Waals surface area contributed by atoms with Crippen LogP contribution in [0.4, 0.5) is 26.3 Å². The second-order valence-electron chi connectivity index (χ2n) is 8.65. The Morgan fingerprint density at radius 3 is 2.30 bits per heavy atom. The van der Waals surface area contributed by atoms with E-state index in [0.29, 0.717) is 44.5 Å². The van der Waals surface area contributed by atoms with Crippen LogP contribution in [0.3, 0.4) is 0 Å². The Morgan fingerprint density at radius 1 is 0.925 bits per heavy atom. The molecule has 40 heavy (non-hydrogen) atoms. The average Bonchev–Trinajstić information content (AvgIpc) is 2.92. The number of ketones is 1. The molecule has 212 valence electrons. The lowest BCUT2D eigenvalue weighted by Gasteiger charge is -2.25. The van der Waals surface area contributed by atoms with Gasteiger partial charge < -0.3 is 14.4 Å². The van der Waals surface area contributed by atoms with E-state index >= 15 is 0 Å². The number of pyridine rings is 1. The highest BCUT2D eigenvalue weighted by Gasteiger charge is 2.47. The first-order valence-corrected chi connectivity index (χ1v) is 13.0. The zero-order chi connectivity index (χ0) is 28.8. The fraction of sp³-hybridized carbons (Fsp3) is 0.286. The van der Waals surface area contributed by atoms with Crippen LogP contribution in [0.5, 0.6) is 5.75 Å². The third kappa shape index (κ3) is 7.57. The van der Waals surface area contributed by atoms with E-state index in [4.69, 9.17) is 9.47 Å². The molecule has 0 spiro atoms. The van der Waals surface area contributed by atoms with Gasteiger partial charge in [-0.3, -0.25) is 9.78 Å². The number of alkyl halides is 6. The number of aromatic nitrogens is 1. The quantitative estimate of drug-likeness (QED) is 0.155. The molecule has 4 rings (SSSR count). The molecule has 5 nitrogen and oxygen atoms in total. The summed E-state index contributed by atoms with van der Waals surface area (Å²) in [4.78, 5) is 18.1. The number of hydrogen-bond donors (Lipinski definition) is 0. The molecule has 0 radical (unpaired) electrons. The molecule has 0 aliphatic carbocycles. The van der Waals surface area contributed by atoms with Crippen LogP contribution in [-0.4, -0.2) is 48.6 Å². The predicted molar refractivity (Wildman–Crippen MR) is 136 cm³/mol. The third-order valence-electron chi connectivity index (χ3n) is 5.89. The zero-order valence-electron chi connectivity index (χ0n) is 21.0.